The maximum absolute atomic E-state index is 6.05. The molecule has 0 fully saturated rings. The molecule has 2 aromatic rings. The molecule has 2 rings (SSSR count). The molecule has 1 N–H and O–H groups in total. The summed E-state index contributed by atoms with van der Waals surface area (Å²) in [5.74, 6) is 0. The van der Waals surface area contributed by atoms with Gasteiger partial charge in [-0.2, -0.15) is 0 Å². The van der Waals surface area contributed by atoms with Crippen molar-refractivity contribution in [3.63, 3.8) is 0 Å². The Bertz CT molecular complexity index is 517. The van der Waals surface area contributed by atoms with Crippen LogP contribution in [0.15, 0.2) is 36.8 Å². The lowest BCUT2D eigenvalue weighted by Crippen LogP contribution is -2.22. The second-order valence-corrected chi connectivity index (χ2v) is 4.61. The number of rotatable bonds is 4. The SMILES string of the molecule is CCNC(c1ccc(Cl)c(Cl)c1)c1ccncn1. The number of hydrogen-bond donors (Lipinski definition) is 1. The van der Waals surface area contributed by atoms with Gasteiger partial charge < -0.3 is 5.32 Å². The smallest absolute Gasteiger partial charge is 0.115 e. The highest BCUT2D eigenvalue weighted by atomic mass is 35.5. The Morgan fingerprint density at radius 1 is 1.22 bits per heavy atom. The molecule has 1 atom stereocenters. The Morgan fingerprint density at radius 2 is 2.06 bits per heavy atom. The lowest BCUT2D eigenvalue weighted by atomic mass is 10.0. The molecule has 18 heavy (non-hydrogen) atoms. The van der Waals surface area contributed by atoms with Crippen LogP contribution in [0.1, 0.15) is 24.2 Å². The summed E-state index contributed by atoms with van der Waals surface area (Å²) in [6.45, 7) is 2.88. The molecule has 94 valence electrons. The number of nitrogens with one attached hydrogen (secondary N) is 1. The van der Waals surface area contributed by atoms with Crippen LogP contribution < -0.4 is 5.32 Å². The molecule has 1 heterocycles. The van der Waals surface area contributed by atoms with Crippen LogP contribution in [0.25, 0.3) is 0 Å². The molecule has 0 aliphatic rings. The molecule has 0 saturated heterocycles. The molecule has 0 bridgehead atoms. The standard InChI is InChI=1S/C13H13Cl2N3/c1-2-17-13(12-5-6-16-8-18-12)9-3-4-10(14)11(15)7-9/h3-8,13,17H,2H2,1H3. The van der Waals surface area contributed by atoms with Crippen LogP contribution in [0, 0.1) is 0 Å². The highest BCUT2D eigenvalue weighted by Crippen LogP contribution is 2.27. The van der Waals surface area contributed by atoms with E-state index < -0.39 is 0 Å². The summed E-state index contributed by atoms with van der Waals surface area (Å²) in [7, 11) is 0. The van der Waals surface area contributed by atoms with Crippen molar-refractivity contribution in [1.82, 2.24) is 15.3 Å². The minimum absolute atomic E-state index is 0.00670. The van der Waals surface area contributed by atoms with Gasteiger partial charge >= 0.3 is 0 Å². The van der Waals surface area contributed by atoms with E-state index in [0.717, 1.165) is 17.8 Å². The maximum Gasteiger partial charge on any atom is 0.115 e. The van der Waals surface area contributed by atoms with Gasteiger partial charge in [0.15, 0.2) is 0 Å². The quantitative estimate of drug-likeness (QED) is 0.932. The van der Waals surface area contributed by atoms with Gasteiger partial charge in [-0.05, 0) is 30.3 Å². The van der Waals surface area contributed by atoms with Gasteiger partial charge in [0.25, 0.3) is 0 Å². The van der Waals surface area contributed by atoms with Crippen molar-refractivity contribution in [2.24, 2.45) is 0 Å². The summed E-state index contributed by atoms with van der Waals surface area (Å²) in [4.78, 5) is 8.20. The molecule has 0 saturated carbocycles. The Hall–Kier alpha value is -1.16. The van der Waals surface area contributed by atoms with Crippen LogP contribution in [0.4, 0.5) is 0 Å². The third-order valence-corrected chi connectivity index (χ3v) is 3.32. The van der Waals surface area contributed by atoms with Gasteiger partial charge in [0.1, 0.15) is 6.33 Å². The third-order valence-electron chi connectivity index (χ3n) is 2.59. The van der Waals surface area contributed by atoms with Gasteiger partial charge in [-0.25, -0.2) is 9.97 Å². The van der Waals surface area contributed by atoms with Crippen molar-refractivity contribution in [3.05, 3.63) is 58.1 Å². The molecular weight excluding hydrogens is 269 g/mol. The first-order valence-electron chi connectivity index (χ1n) is 5.66. The molecule has 0 amide bonds. The molecule has 0 aliphatic heterocycles. The molecule has 1 aromatic heterocycles. The van der Waals surface area contributed by atoms with E-state index in [1.807, 2.05) is 25.1 Å². The zero-order chi connectivity index (χ0) is 13.0. The van der Waals surface area contributed by atoms with Crippen LogP contribution >= 0.6 is 23.2 Å². The molecule has 3 nitrogen and oxygen atoms in total. The van der Waals surface area contributed by atoms with Crippen LogP contribution in [-0.2, 0) is 0 Å². The Balaban J connectivity index is 2.38. The normalized spacial score (nSPS) is 12.4. The lowest BCUT2D eigenvalue weighted by molar-refractivity contribution is 0.614. The second-order valence-electron chi connectivity index (χ2n) is 3.80. The maximum atomic E-state index is 6.05. The van der Waals surface area contributed by atoms with Gasteiger partial charge in [-0.15, -0.1) is 0 Å². The van der Waals surface area contributed by atoms with Gasteiger partial charge in [-0.1, -0.05) is 36.2 Å². The van der Waals surface area contributed by atoms with E-state index in [1.54, 1.807) is 12.3 Å². The van der Waals surface area contributed by atoms with E-state index in [4.69, 9.17) is 23.2 Å². The summed E-state index contributed by atoms with van der Waals surface area (Å²) in [6.07, 6.45) is 3.27. The average molecular weight is 282 g/mol. The van der Waals surface area contributed by atoms with Crippen LogP contribution in [-0.4, -0.2) is 16.5 Å². The monoisotopic (exact) mass is 281 g/mol. The molecule has 5 heteroatoms. The number of nitrogens with zero attached hydrogens (tertiary/aromatic N) is 2. The van der Waals surface area contributed by atoms with E-state index >= 15 is 0 Å². The first kappa shape index (κ1) is 13.3. The fourth-order valence-electron chi connectivity index (χ4n) is 1.76. The van der Waals surface area contributed by atoms with Crippen molar-refractivity contribution in [1.29, 1.82) is 0 Å². The summed E-state index contributed by atoms with van der Waals surface area (Å²) < 4.78 is 0. The molecular formula is C13H13Cl2N3. The van der Waals surface area contributed by atoms with Gasteiger partial charge in [0.2, 0.25) is 0 Å². The zero-order valence-electron chi connectivity index (χ0n) is 9.90. The molecule has 0 aliphatic carbocycles. The lowest BCUT2D eigenvalue weighted by Gasteiger charge is -2.18. The highest BCUT2D eigenvalue weighted by molar-refractivity contribution is 6.42. The van der Waals surface area contributed by atoms with Gasteiger partial charge in [0.05, 0.1) is 21.8 Å². The topological polar surface area (TPSA) is 37.8 Å². The first-order chi connectivity index (χ1) is 8.72. The van der Waals surface area contributed by atoms with Crippen molar-refractivity contribution < 1.29 is 0 Å². The predicted molar refractivity (Wildman–Crippen MR) is 74.0 cm³/mol. The van der Waals surface area contributed by atoms with Gasteiger partial charge in [0, 0.05) is 6.20 Å². The highest BCUT2D eigenvalue weighted by Gasteiger charge is 2.15. The molecule has 1 unspecified atom stereocenters. The van der Waals surface area contributed by atoms with E-state index in [2.05, 4.69) is 15.3 Å². The van der Waals surface area contributed by atoms with Crippen molar-refractivity contribution in [2.45, 2.75) is 13.0 Å². The van der Waals surface area contributed by atoms with Crippen LogP contribution in [0.2, 0.25) is 10.0 Å². The van der Waals surface area contributed by atoms with E-state index in [0.29, 0.717) is 10.0 Å². The van der Waals surface area contributed by atoms with Crippen molar-refractivity contribution in [3.8, 4) is 0 Å². The number of aromatic nitrogens is 2. The summed E-state index contributed by atoms with van der Waals surface area (Å²) >= 11 is 12.0. The number of hydrogen-bond acceptors (Lipinski definition) is 3. The first-order valence-corrected chi connectivity index (χ1v) is 6.42. The third kappa shape index (κ3) is 2.99. The van der Waals surface area contributed by atoms with E-state index in [9.17, 15) is 0 Å². The number of benzene rings is 1. The Labute approximate surface area is 116 Å². The molecule has 0 spiro atoms. The van der Waals surface area contributed by atoms with Crippen molar-refractivity contribution >= 4 is 23.2 Å². The van der Waals surface area contributed by atoms with E-state index in [-0.39, 0.29) is 6.04 Å². The van der Waals surface area contributed by atoms with Crippen LogP contribution in [0.3, 0.4) is 0 Å². The fourth-order valence-corrected chi connectivity index (χ4v) is 2.07. The Kier molecular flexibility index (Phi) is 4.53. The summed E-state index contributed by atoms with van der Waals surface area (Å²) in [6, 6.07) is 7.48. The fraction of sp³-hybridized carbons (Fsp3) is 0.231. The summed E-state index contributed by atoms with van der Waals surface area (Å²) in [5, 5.41) is 4.47. The minimum Gasteiger partial charge on any atom is -0.305 e. The minimum atomic E-state index is -0.00670. The van der Waals surface area contributed by atoms with Crippen molar-refractivity contribution in [2.75, 3.05) is 6.54 Å². The molecule has 1 aromatic carbocycles. The zero-order valence-corrected chi connectivity index (χ0v) is 11.4. The summed E-state index contributed by atoms with van der Waals surface area (Å²) in [5.41, 5.74) is 1.94. The largest absolute Gasteiger partial charge is 0.305 e. The predicted octanol–water partition coefficient (Wildman–Crippen LogP) is 3.48. The van der Waals surface area contributed by atoms with Gasteiger partial charge in [-0.3, -0.25) is 0 Å². The average Bonchev–Trinajstić information content (AvgIpc) is 2.40. The number of halogens is 2. The second kappa shape index (κ2) is 6.14. The molecule has 0 radical (unpaired) electrons. The van der Waals surface area contributed by atoms with E-state index in [1.165, 1.54) is 6.33 Å². The Morgan fingerprint density at radius 3 is 2.67 bits per heavy atom. The van der Waals surface area contributed by atoms with Crippen LogP contribution in [0.5, 0.6) is 0 Å².